The second-order valence-corrected chi connectivity index (χ2v) is 6.71. The summed E-state index contributed by atoms with van der Waals surface area (Å²) in [5.74, 6) is 1.48. The Hall–Kier alpha value is -2.97. The molecule has 0 aliphatic carbocycles. The molecular formula is C17H21N7O2. The van der Waals surface area contributed by atoms with E-state index in [9.17, 15) is 4.79 Å². The summed E-state index contributed by atoms with van der Waals surface area (Å²) in [6, 6.07) is 0. The van der Waals surface area contributed by atoms with Crippen molar-refractivity contribution < 1.29 is 9.32 Å². The molecule has 4 rings (SSSR count). The predicted octanol–water partition coefficient (Wildman–Crippen LogP) is 0.948. The Morgan fingerprint density at radius 1 is 1.31 bits per heavy atom. The summed E-state index contributed by atoms with van der Waals surface area (Å²) in [6.45, 7) is 4.89. The smallest absolute Gasteiger partial charge is 0.227 e. The maximum Gasteiger partial charge on any atom is 0.227 e. The molecule has 0 bridgehead atoms. The first kappa shape index (κ1) is 16.5. The number of nitrogens with zero attached hydrogens (tertiary/aromatic N) is 7. The molecule has 0 N–H and O–H groups in total. The number of rotatable bonds is 3. The van der Waals surface area contributed by atoms with Gasteiger partial charge in [-0.2, -0.15) is 5.10 Å². The largest absolute Gasteiger partial charge is 0.361 e. The third kappa shape index (κ3) is 2.59. The number of fused-ring (bicyclic) bond motifs is 1. The van der Waals surface area contributed by atoms with Crippen LogP contribution >= 0.6 is 0 Å². The van der Waals surface area contributed by atoms with Crippen molar-refractivity contribution in [3.63, 3.8) is 0 Å². The number of carbonyl (C=O) groups is 1. The average Bonchev–Trinajstić information content (AvgIpc) is 3.28. The normalized spacial score (nSPS) is 13.9. The van der Waals surface area contributed by atoms with Crippen LogP contribution in [0.1, 0.15) is 28.3 Å². The number of hydrogen-bond acceptors (Lipinski definition) is 6. The highest BCUT2D eigenvalue weighted by atomic mass is 16.5. The van der Waals surface area contributed by atoms with Crippen LogP contribution in [0.3, 0.4) is 0 Å². The second-order valence-electron chi connectivity index (χ2n) is 6.71. The lowest BCUT2D eigenvalue weighted by atomic mass is 10.0. The first-order chi connectivity index (χ1) is 12.5. The fourth-order valence-electron chi connectivity index (χ4n) is 3.50. The monoisotopic (exact) mass is 355 g/mol. The maximum absolute atomic E-state index is 12.8. The standard InChI is InChI=1S/C17H21N7O2/c1-10-12(11(2)26-21-10)7-15(25)24-6-5-14-13(8-24)16(20-23(14)4)17-19-18-9-22(17)3/h9H,5-8H2,1-4H3. The molecule has 9 heteroatoms. The van der Waals surface area contributed by atoms with E-state index in [0.29, 0.717) is 31.1 Å². The van der Waals surface area contributed by atoms with Gasteiger partial charge in [-0.1, -0.05) is 5.16 Å². The van der Waals surface area contributed by atoms with Gasteiger partial charge in [0.15, 0.2) is 5.82 Å². The Bertz CT molecular complexity index is 962. The Morgan fingerprint density at radius 2 is 2.12 bits per heavy atom. The minimum absolute atomic E-state index is 0.0674. The van der Waals surface area contributed by atoms with E-state index in [1.165, 1.54) is 0 Å². The molecule has 0 saturated heterocycles. The molecule has 0 aromatic carbocycles. The maximum atomic E-state index is 12.8. The highest BCUT2D eigenvalue weighted by Crippen LogP contribution is 2.28. The van der Waals surface area contributed by atoms with Gasteiger partial charge in [0.25, 0.3) is 0 Å². The Labute approximate surface area is 150 Å². The van der Waals surface area contributed by atoms with Gasteiger partial charge in [-0.3, -0.25) is 9.48 Å². The van der Waals surface area contributed by atoms with Crippen LogP contribution in [0, 0.1) is 13.8 Å². The van der Waals surface area contributed by atoms with Gasteiger partial charge < -0.3 is 14.0 Å². The van der Waals surface area contributed by atoms with Crippen LogP contribution in [0.25, 0.3) is 11.5 Å². The number of hydrogen-bond donors (Lipinski definition) is 0. The minimum Gasteiger partial charge on any atom is -0.361 e. The second kappa shape index (κ2) is 6.08. The Morgan fingerprint density at radius 3 is 2.77 bits per heavy atom. The molecule has 3 aromatic heterocycles. The van der Waals surface area contributed by atoms with Crippen LogP contribution in [-0.4, -0.2) is 47.1 Å². The number of aryl methyl sites for hydroxylation is 4. The van der Waals surface area contributed by atoms with Crippen LogP contribution in [0.2, 0.25) is 0 Å². The van der Waals surface area contributed by atoms with E-state index in [4.69, 9.17) is 4.52 Å². The van der Waals surface area contributed by atoms with Crippen LogP contribution in [0.4, 0.5) is 0 Å². The zero-order valence-electron chi connectivity index (χ0n) is 15.4. The Kier molecular flexibility index (Phi) is 3.86. The van der Waals surface area contributed by atoms with Crippen molar-refractivity contribution >= 4 is 5.91 Å². The van der Waals surface area contributed by atoms with Gasteiger partial charge in [-0.05, 0) is 13.8 Å². The van der Waals surface area contributed by atoms with Crippen molar-refractivity contribution in [3.05, 3.63) is 34.6 Å². The summed E-state index contributed by atoms with van der Waals surface area (Å²) in [5, 5.41) is 16.7. The van der Waals surface area contributed by atoms with Crippen molar-refractivity contribution in [3.8, 4) is 11.5 Å². The van der Waals surface area contributed by atoms with Crippen LogP contribution in [0.15, 0.2) is 10.9 Å². The molecule has 0 unspecified atom stereocenters. The highest BCUT2D eigenvalue weighted by molar-refractivity contribution is 5.80. The number of aromatic nitrogens is 6. The first-order valence-corrected chi connectivity index (χ1v) is 8.54. The summed E-state index contributed by atoms with van der Waals surface area (Å²) in [5.41, 5.74) is 4.62. The Balaban J connectivity index is 1.61. The molecule has 0 fully saturated rings. The molecule has 1 aliphatic heterocycles. The summed E-state index contributed by atoms with van der Waals surface area (Å²) in [4.78, 5) is 14.7. The summed E-state index contributed by atoms with van der Waals surface area (Å²) >= 11 is 0. The highest BCUT2D eigenvalue weighted by Gasteiger charge is 2.29. The quantitative estimate of drug-likeness (QED) is 0.694. The molecule has 0 saturated carbocycles. The summed E-state index contributed by atoms with van der Waals surface area (Å²) in [7, 11) is 3.82. The summed E-state index contributed by atoms with van der Waals surface area (Å²) in [6.07, 6.45) is 2.72. The van der Waals surface area contributed by atoms with Crippen LogP contribution < -0.4 is 0 Å². The third-order valence-corrected chi connectivity index (χ3v) is 5.03. The molecular weight excluding hydrogens is 334 g/mol. The van der Waals surface area contributed by atoms with Gasteiger partial charge in [-0.25, -0.2) is 0 Å². The van der Waals surface area contributed by atoms with Gasteiger partial charge in [0, 0.05) is 50.4 Å². The van der Waals surface area contributed by atoms with Crippen molar-refractivity contribution in [2.45, 2.75) is 33.2 Å². The predicted molar refractivity (Wildman–Crippen MR) is 92.0 cm³/mol. The zero-order valence-corrected chi connectivity index (χ0v) is 15.4. The molecule has 0 atom stereocenters. The van der Waals surface area contributed by atoms with Gasteiger partial charge in [0.05, 0.1) is 12.1 Å². The van der Waals surface area contributed by atoms with Crippen molar-refractivity contribution in [1.82, 2.24) is 34.6 Å². The lowest BCUT2D eigenvalue weighted by Gasteiger charge is -2.27. The fraction of sp³-hybridized carbons (Fsp3) is 0.471. The van der Waals surface area contributed by atoms with Crippen molar-refractivity contribution in [2.24, 2.45) is 14.1 Å². The molecule has 136 valence electrons. The molecule has 0 spiro atoms. The van der Waals surface area contributed by atoms with E-state index < -0.39 is 0 Å². The molecule has 26 heavy (non-hydrogen) atoms. The van der Waals surface area contributed by atoms with Gasteiger partial charge in [0.2, 0.25) is 5.91 Å². The molecule has 3 aromatic rings. The molecule has 1 aliphatic rings. The van der Waals surface area contributed by atoms with Gasteiger partial charge >= 0.3 is 0 Å². The van der Waals surface area contributed by atoms with Crippen molar-refractivity contribution in [2.75, 3.05) is 6.54 Å². The molecule has 1 amide bonds. The van der Waals surface area contributed by atoms with E-state index in [-0.39, 0.29) is 5.91 Å². The lowest BCUT2D eigenvalue weighted by Crippen LogP contribution is -2.37. The van der Waals surface area contributed by atoms with Gasteiger partial charge in [-0.15, -0.1) is 10.2 Å². The van der Waals surface area contributed by atoms with E-state index in [2.05, 4.69) is 20.5 Å². The van der Waals surface area contributed by atoms with E-state index in [1.807, 2.05) is 42.1 Å². The van der Waals surface area contributed by atoms with E-state index in [0.717, 1.165) is 34.6 Å². The zero-order chi connectivity index (χ0) is 18.4. The fourth-order valence-corrected chi connectivity index (χ4v) is 3.50. The van der Waals surface area contributed by atoms with Crippen LogP contribution in [-0.2, 0) is 38.3 Å². The van der Waals surface area contributed by atoms with Gasteiger partial charge in [0.1, 0.15) is 17.8 Å². The van der Waals surface area contributed by atoms with Crippen LogP contribution in [0.5, 0.6) is 0 Å². The third-order valence-electron chi connectivity index (χ3n) is 5.03. The molecule has 0 radical (unpaired) electrons. The summed E-state index contributed by atoms with van der Waals surface area (Å²) < 4.78 is 8.90. The number of amides is 1. The van der Waals surface area contributed by atoms with E-state index >= 15 is 0 Å². The molecule has 9 nitrogen and oxygen atoms in total. The van der Waals surface area contributed by atoms with E-state index in [1.54, 1.807) is 6.33 Å². The SMILES string of the molecule is Cc1noc(C)c1CC(=O)N1CCc2c(c(-c3nncn3C)nn2C)C1. The lowest BCUT2D eigenvalue weighted by molar-refractivity contribution is -0.131. The first-order valence-electron chi connectivity index (χ1n) is 8.54. The molecule has 4 heterocycles. The average molecular weight is 355 g/mol. The topological polar surface area (TPSA) is 94.9 Å². The minimum atomic E-state index is 0.0674. The van der Waals surface area contributed by atoms with Crippen molar-refractivity contribution in [1.29, 1.82) is 0 Å². The number of carbonyl (C=O) groups excluding carboxylic acids is 1.